The van der Waals surface area contributed by atoms with E-state index in [9.17, 15) is 8.42 Å². The van der Waals surface area contributed by atoms with Crippen LogP contribution in [-0.2, 0) is 10.0 Å². The van der Waals surface area contributed by atoms with Gasteiger partial charge in [-0.2, -0.15) is 4.37 Å². The van der Waals surface area contributed by atoms with E-state index in [-0.39, 0.29) is 10.7 Å². The van der Waals surface area contributed by atoms with Crippen LogP contribution >= 0.6 is 11.5 Å². The largest absolute Gasteiger partial charge is 0.382 e. The molecule has 0 bridgehead atoms. The van der Waals surface area contributed by atoms with Gasteiger partial charge in [0.25, 0.3) is 0 Å². The normalized spacial score (nSPS) is 17.4. The van der Waals surface area contributed by atoms with E-state index in [0.29, 0.717) is 5.00 Å². The number of nitrogens with two attached hydrogens (primary N) is 1. The maximum absolute atomic E-state index is 12.3. The lowest BCUT2D eigenvalue weighted by atomic mass is 10.1. The Hall–Kier alpha value is -0.860. The maximum atomic E-state index is 12.3. The van der Waals surface area contributed by atoms with Crippen LogP contribution in [0.25, 0.3) is 0 Å². The van der Waals surface area contributed by atoms with Gasteiger partial charge in [0, 0.05) is 27.2 Å². The van der Waals surface area contributed by atoms with E-state index in [0.717, 1.165) is 25.9 Å². The van der Waals surface area contributed by atoms with Crippen molar-refractivity contribution in [3.8, 4) is 0 Å². The Morgan fingerprint density at radius 3 is 2.44 bits per heavy atom. The minimum Gasteiger partial charge on any atom is -0.382 e. The number of anilines is 2. The third kappa shape index (κ3) is 2.32. The molecule has 0 saturated carbocycles. The fourth-order valence-corrected chi connectivity index (χ4v) is 4.28. The Bertz CT molecular complexity index is 518. The molecule has 0 radical (unpaired) electrons. The van der Waals surface area contributed by atoms with Gasteiger partial charge in [-0.1, -0.05) is 0 Å². The van der Waals surface area contributed by atoms with E-state index in [4.69, 9.17) is 5.73 Å². The Labute approximate surface area is 112 Å². The third-order valence-corrected chi connectivity index (χ3v) is 5.97. The van der Waals surface area contributed by atoms with Crippen LogP contribution in [0.5, 0.6) is 0 Å². The van der Waals surface area contributed by atoms with Crippen molar-refractivity contribution in [3.63, 3.8) is 0 Å². The molecule has 8 heteroatoms. The molecule has 1 aromatic heterocycles. The molecule has 0 amide bonds. The van der Waals surface area contributed by atoms with Crippen LogP contribution < -0.4 is 10.6 Å². The number of piperidine rings is 1. The summed E-state index contributed by atoms with van der Waals surface area (Å²) in [5.41, 5.74) is 5.74. The molecule has 0 aliphatic carbocycles. The lowest BCUT2D eigenvalue weighted by Crippen LogP contribution is -2.31. The summed E-state index contributed by atoms with van der Waals surface area (Å²) >= 11 is 1.17. The van der Waals surface area contributed by atoms with Crippen LogP contribution in [0.3, 0.4) is 0 Å². The van der Waals surface area contributed by atoms with Crippen LogP contribution in [0, 0.1) is 0 Å². The van der Waals surface area contributed by atoms with Gasteiger partial charge in [0.15, 0.2) is 10.7 Å². The van der Waals surface area contributed by atoms with E-state index in [1.165, 1.54) is 36.4 Å². The van der Waals surface area contributed by atoms with Crippen LogP contribution in [-0.4, -0.2) is 44.3 Å². The summed E-state index contributed by atoms with van der Waals surface area (Å²) in [7, 11) is -0.517. The van der Waals surface area contributed by atoms with Crippen LogP contribution in [0.15, 0.2) is 4.90 Å². The number of nitrogen functional groups attached to an aromatic ring is 1. The second-order valence-electron chi connectivity index (χ2n) is 4.54. The van der Waals surface area contributed by atoms with Crippen LogP contribution in [0.2, 0.25) is 0 Å². The van der Waals surface area contributed by atoms with E-state index < -0.39 is 10.0 Å². The molecule has 102 valence electrons. The van der Waals surface area contributed by atoms with E-state index in [2.05, 4.69) is 9.27 Å². The highest BCUT2D eigenvalue weighted by Gasteiger charge is 2.30. The molecule has 2 rings (SSSR count). The summed E-state index contributed by atoms with van der Waals surface area (Å²) in [5.74, 6) is 0.106. The fraction of sp³-hybridized carbons (Fsp3) is 0.700. The van der Waals surface area contributed by atoms with Gasteiger partial charge in [0.05, 0.1) is 0 Å². The Morgan fingerprint density at radius 2 is 1.89 bits per heavy atom. The molecule has 6 nitrogen and oxygen atoms in total. The summed E-state index contributed by atoms with van der Waals surface area (Å²) in [4.78, 5) is 2.24. The van der Waals surface area contributed by atoms with Gasteiger partial charge in [0.1, 0.15) is 5.00 Å². The lowest BCUT2D eigenvalue weighted by Gasteiger charge is -2.28. The van der Waals surface area contributed by atoms with Crippen molar-refractivity contribution in [2.75, 3.05) is 37.8 Å². The number of sulfonamides is 1. The molecule has 2 heterocycles. The topological polar surface area (TPSA) is 79.5 Å². The van der Waals surface area contributed by atoms with Gasteiger partial charge < -0.3 is 10.6 Å². The first-order valence-corrected chi connectivity index (χ1v) is 8.08. The first kappa shape index (κ1) is 13.6. The molecule has 0 spiro atoms. The zero-order chi connectivity index (χ0) is 13.3. The van der Waals surface area contributed by atoms with Gasteiger partial charge >= 0.3 is 0 Å². The van der Waals surface area contributed by atoms with Crippen molar-refractivity contribution in [2.24, 2.45) is 0 Å². The van der Waals surface area contributed by atoms with Crippen molar-refractivity contribution in [3.05, 3.63) is 0 Å². The summed E-state index contributed by atoms with van der Waals surface area (Å²) in [6, 6.07) is 0. The third-order valence-electron chi connectivity index (χ3n) is 3.04. The smallest absolute Gasteiger partial charge is 0.249 e. The molecule has 1 saturated heterocycles. The van der Waals surface area contributed by atoms with Crippen molar-refractivity contribution in [1.82, 2.24) is 8.68 Å². The molecule has 1 aromatic rings. The second kappa shape index (κ2) is 5.02. The van der Waals surface area contributed by atoms with E-state index >= 15 is 0 Å². The number of hydrogen-bond donors (Lipinski definition) is 1. The Morgan fingerprint density at radius 1 is 1.28 bits per heavy atom. The van der Waals surface area contributed by atoms with Crippen LogP contribution in [0.4, 0.5) is 10.8 Å². The van der Waals surface area contributed by atoms with Crippen molar-refractivity contribution < 1.29 is 8.42 Å². The minimum absolute atomic E-state index is 0.106. The van der Waals surface area contributed by atoms with Crippen molar-refractivity contribution in [1.29, 1.82) is 0 Å². The predicted molar refractivity (Wildman–Crippen MR) is 73.5 cm³/mol. The summed E-state index contributed by atoms with van der Waals surface area (Å²) in [5, 5.41) is 0.681. The van der Waals surface area contributed by atoms with E-state index in [1.807, 2.05) is 0 Å². The average molecular weight is 290 g/mol. The molecule has 0 unspecified atom stereocenters. The lowest BCUT2D eigenvalue weighted by molar-refractivity contribution is 0.520. The minimum atomic E-state index is -3.53. The zero-order valence-corrected chi connectivity index (χ0v) is 12.2. The molecule has 2 N–H and O–H groups in total. The maximum Gasteiger partial charge on any atom is 0.249 e. The highest BCUT2D eigenvalue weighted by Crippen LogP contribution is 2.37. The second-order valence-corrected chi connectivity index (χ2v) is 7.38. The number of rotatable bonds is 3. The summed E-state index contributed by atoms with van der Waals surface area (Å²) in [6.45, 7) is 1.75. The highest BCUT2D eigenvalue weighted by atomic mass is 32.2. The van der Waals surface area contributed by atoms with Gasteiger partial charge in [0.2, 0.25) is 10.0 Å². The molecular weight excluding hydrogens is 272 g/mol. The molecule has 0 aromatic carbocycles. The van der Waals surface area contributed by atoms with E-state index in [1.54, 1.807) is 0 Å². The van der Waals surface area contributed by atoms with Gasteiger partial charge in [-0.15, -0.1) is 0 Å². The number of aromatic nitrogens is 1. The standard InChI is InChI=1S/C10H18N4O2S2/c1-13(2)18(15,16)8-9(11)12-17-10(8)14-6-4-3-5-7-14/h3-7H2,1-2H3,(H2,11,12). The molecular formula is C10H18N4O2S2. The Kier molecular flexibility index (Phi) is 3.79. The summed E-state index contributed by atoms with van der Waals surface area (Å²) < 4.78 is 29.7. The van der Waals surface area contributed by atoms with Gasteiger partial charge in [-0.25, -0.2) is 12.7 Å². The van der Waals surface area contributed by atoms with Crippen molar-refractivity contribution in [2.45, 2.75) is 24.2 Å². The summed E-state index contributed by atoms with van der Waals surface area (Å²) in [6.07, 6.45) is 3.36. The number of nitrogens with zero attached hydrogens (tertiary/aromatic N) is 3. The highest BCUT2D eigenvalue weighted by molar-refractivity contribution is 7.89. The first-order valence-electron chi connectivity index (χ1n) is 5.87. The number of hydrogen-bond acceptors (Lipinski definition) is 6. The molecule has 18 heavy (non-hydrogen) atoms. The zero-order valence-electron chi connectivity index (χ0n) is 10.6. The van der Waals surface area contributed by atoms with Gasteiger partial charge in [-0.3, -0.25) is 0 Å². The SMILES string of the molecule is CN(C)S(=O)(=O)c1c(N)nsc1N1CCCCC1. The molecule has 1 aliphatic heterocycles. The van der Waals surface area contributed by atoms with Gasteiger partial charge in [-0.05, 0) is 30.8 Å². The Balaban J connectivity index is 2.44. The first-order chi connectivity index (χ1) is 8.44. The fourth-order valence-electron chi connectivity index (χ4n) is 2.01. The van der Waals surface area contributed by atoms with Crippen LogP contribution in [0.1, 0.15) is 19.3 Å². The predicted octanol–water partition coefficient (Wildman–Crippen LogP) is 0.966. The quantitative estimate of drug-likeness (QED) is 0.897. The molecule has 0 atom stereocenters. The monoisotopic (exact) mass is 290 g/mol. The average Bonchev–Trinajstić information content (AvgIpc) is 2.72. The molecule has 1 fully saturated rings. The molecule has 1 aliphatic rings. The van der Waals surface area contributed by atoms with Crippen molar-refractivity contribution >= 4 is 32.4 Å².